The highest BCUT2D eigenvalue weighted by atomic mass is 32.1. The van der Waals surface area contributed by atoms with E-state index < -0.39 is 0 Å². The van der Waals surface area contributed by atoms with E-state index in [1.165, 1.54) is 17.7 Å². The molecule has 4 nitrogen and oxygen atoms in total. The highest BCUT2D eigenvalue weighted by Gasteiger charge is 2.39. The number of ether oxygens (including phenoxy) is 1. The van der Waals surface area contributed by atoms with Gasteiger partial charge in [-0.3, -0.25) is 0 Å². The molecule has 19 heavy (non-hydrogen) atoms. The van der Waals surface area contributed by atoms with Crippen LogP contribution < -0.4 is 5.73 Å². The Morgan fingerprint density at radius 1 is 1.37 bits per heavy atom. The molecule has 2 aromatic heterocycles. The number of aryl methyl sites for hydroxylation is 1. The van der Waals surface area contributed by atoms with Crippen LogP contribution in [0.2, 0.25) is 0 Å². The van der Waals surface area contributed by atoms with Crippen LogP contribution in [-0.2, 0) is 10.3 Å². The normalized spacial score (nSPS) is 18.2. The second kappa shape index (κ2) is 4.72. The maximum Gasteiger partial charge on any atom is 0.164 e. The number of aromatic nitrogens is 2. The lowest BCUT2D eigenvalue weighted by atomic mass is 10.0. The van der Waals surface area contributed by atoms with Gasteiger partial charge in [-0.1, -0.05) is 0 Å². The minimum atomic E-state index is -0.311. The predicted molar refractivity (Wildman–Crippen MR) is 78.3 cm³/mol. The van der Waals surface area contributed by atoms with Gasteiger partial charge < -0.3 is 10.5 Å². The fourth-order valence-corrected chi connectivity index (χ4v) is 3.81. The highest BCUT2D eigenvalue weighted by molar-refractivity contribution is 7.18. The monoisotopic (exact) mass is 277 g/mol. The Labute approximate surface area is 117 Å². The van der Waals surface area contributed by atoms with Crippen LogP contribution in [0.4, 0.5) is 5.82 Å². The number of hydrogen-bond acceptors (Lipinski definition) is 5. The van der Waals surface area contributed by atoms with E-state index in [9.17, 15) is 0 Å². The summed E-state index contributed by atoms with van der Waals surface area (Å²) < 4.78 is 6.01. The molecule has 2 heterocycles. The third kappa shape index (κ3) is 2.11. The van der Waals surface area contributed by atoms with Crippen LogP contribution in [0.1, 0.15) is 43.3 Å². The van der Waals surface area contributed by atoms with Gasteiger partial charge in [0.2, 0.25) is 0 Å². The van der Waals surface area contributed by atoms with E-state index in [2.05, 4.69) is 18.0 Å². The molecule has 0 unspecified atom stereocenters. The van der Waals surface area contributed by atoms with E-state index in [1.807, 2.05) is 6.92 Å². The molecule has 1 aliphatic rings. The molecule has 0 radical (unpaired) electrons. The molecule has 1 aliphatic carbocycles. The Kier molecular flexibility index (Phi) is 3.19. The first-order valence-corrected chi connectivity index (χ1v) is 7.64. The number of nitrogens with zero attached hydrogens (tertiary/aromatic N) is 2. The first-order valence-electron chi connectivity index (χ1n) is 6.83. The fraction of sp³-hybridized carbons (Fsp3) is 0.571. The number of thiophene rings is 1. The van der Waals surface area contributed by atoms with Crippen LogP contribution in [-0.4, -0.2) is 16.6 Å². The molecule has 0 saturated heterocycles. The summed E-state index contributed by atoms with van der Waals surface area (Å²) in [6, 6.07) is 2.06. The molecule has 5 heteroatoms. The number of hydrogen-bond donors (Lipinski definition) is 1. The minimum Gasteiger partial charge on any atom is -0.383 e. The van der Waals surface area contributed by atoms with Gasteiger partial charge in [-0.2, -0.15) is 0 Å². The maximum absolute atomic E-state index is 6.09. The molecule has 2 N–H and O–H groups in total. The Morgan fingerprint density at radius 3 is 2.79 bits per heavy atom. The van der Waals surface area contributed by atoms with E-state index in [1.54, 1.807) is 11.3 Å². The van der Waals surface area contributed by atoms with Crippen molar-refractivity contribution in [2.45, 2.75) is 45.1 Å². The zero-order chi connectivity index (χ0) is 13.5. The molecular weight excluding hydrogens is 258 g/mol. The van der Waals surface area contributed by atoms with E-state index in [-0.39, 0.29) is 5.60 Å². The van der Waals surface area contributed by atoms with Crippen LogP contribution >= 0.6 is 11.3 Å². The standard InChI is InChI=1S/C14H19N3OS/c1-3-18-14(6-4-5-7-14)13-16-11(15)10-8-9(2)19-12(10)17-13/h8H,3-7H2,1-2H3,(H2,15,16,17). The van der Waals surface area contributed by atoms with E-state index in [4.69, 9.17) is 15.5 Å². The van der Waals surface area contributed by atoms with Crippen molar-refractivity contribution in [1.29, 1.82) is 0 Å². The van der Waals surface area contributed by atoms with Gasteiger partial charge >= 0.3 is 0 Å². The van der Waals surface area contributed by atoms with Crippen molar-refractivity contribution >= 4 is 27.4 Å². The number of nitrogens with two attached hydrogens (primary N) is 1. The molecular formula is C14H19N3OS. The first-order chi connectivity index (χ1) is 9.14. The molecule has 102 valence electrons. The lowest BCUT2D eigenvalue weighted by Crippen LogP contribution is -2.29. The fourth-order valence-electron chi connectivity index (χ4n) is 2.92. The van der Waals surface area contributed by atoms with Crippen molar-refractivity contribution in [1.82, 2.24) is 9.97 Å². The molecule has 0 atom stereocenters. The Morgan fingerprint density at radius 2 is 2.11 bits per heavy atom. The number of nitrogen functional groups attached to an aromatic ring is 1. The number of anilines is 1. The van der Waals surface area contributed by atoms with Crippen molar-refractivity contribution in [2.75, 3.05) is 12.3 Å². The van der Waals surface area contributed by atoms with Crippen LogP contribution in [0.3, 0.4) is 0 Å². The summed E-state index contributed by atoms with van der Waals surface area (Å²) in [6.07, 6.45) is 4.34. The van der Waals surface area contributed by atoms with Crippen molar-refractivity contribution < 1.29 is 4.74 Å². The topological polar surface area (TPSA) is 61.0 Å². The van der Waals surface area contributed by atoms with Crippen molar-refractivity contribution in [3.63, 3.8) is 0 Å². The maximum atomic E-state index is 6.09. The molecule has 0 aromatic carbocycles. The number of rotatable bonds is 3. The summed E-state index contributed by atoms with van der Waals surface area (Å²) in [5.41, 5.74) is 5.78. The molecule has 3 rings (SSSR count). The second-order valence-electron chi connectivity index (χ2n) is 5.14. The molecule has 0 amide bonds. The quantitative estimate of drug-likeness (QED) is 0.934. The zero-order valence-electron chi connectivity index (χ0n) is 11.4. The lowest BCUT2D eigenvalue weighted by Gasteiger charge is -2.27. The Balaban J connectivity index is 2.13. The van der Waals surface area contributed by atoms with Gasteiger partial charge in [0.25, 0.3) is 0 Å². The summed E-state index contributed by atoms with van der Waals surface area (Å²) in [6.45, 7) is 4.78. The van der Waals surface area contributed by atoms with Crippen molar-refractivity contribution in [2.24, 2.45) is 0 Å². The van der Waals surface area contributed by atoms with E-state index in [0.717, 1.165) is 28.9 Å². The Bertz CT molecular complexity index is 602. The molecule has 0 spiro atoms. The van der Waals surface area contributed by atoms with Crippen LogP contribution in [0.15, 0.2) is 6.07 Å². The Hall–Kier alpha value is -1.20. The van der Waals surface area contributed by atoms with Gasteiger partial charge in [-0.15, -0.1) is 11.3 Å². The van der Waals surface area contributed by atoms with Crippen molar-refractivity contribution in [3.8, 4) is 0 Å². The van der Waals surface area contributed by atoms with Crippen LogP contribution in [0, 0.1) is 6.92 Å². The average Bonchev–Trinajstić information content (AvgIpc) is 2.96. The summed E-state index contributed by atoms with van der Waals surface area (Å²) in [7, 11) is 0. The van der Waals surface area contributed by atoms with Gasteiger partial charge in [-0.05, 0) is 45.6 Å². The van der Waals surface area contributed by atoms with E-state index in [0.29, 0.717) is 12.4 Å². The highest BCUT2D eigenvalue weighted by Crippen LogP contribution is 2.42. The van der Waals surface area contributed by atoms with Gasteiger partial charge in [0.05, 0.1) is 5.39 Å². The molecule has 1 saturated carbocycles. The van der Waals surface area contributed by atoms with E-state index >= 15 is 0 Å². The average molecular weight is 277 g/mol. The summed E-state index contributed by atoms with van der Waals surface area (Å²) >= 11 is 1.67. The third-order valence-electron chi connectivity index (χ3n) is 3.78. The first kappa shape index (κ1) is 12.8. The van der Waals surface area contributed by atoms with Gasteiger partial charge in [0.15, 0.2) is 5.82 Å². The van der Waals surface area contributed by atoms with Crippen LogP contribution in [0.25, 0.3) is 10.2 Å². The van der Waals surface area contributed by atoms with Crippen LogP contribution in [0.5, 0.6) is 0 Å². The lowest BCUT2D eigenvalue weighted by molar-refractivity contribution is -0.0453. The largest absolute Gasteiger partial charge is 0.383 e. The molecule has 0 aliphatic heterocycles. The summed E-state index contributed by atoms with van der Waals surface area (Å²) in [5, 5.41) is 0.968. The SMILES string of the molecule is CCOC1(c2nc(N)c3cc(C)sc3n2)CCCC1. The molecule has 0 bridgehead atoms. The predicted octanol–water partition coefficient (Wildman–Crippen LogP) is 3.39. The van der Waals surface area contributed by atoms with Gasteiger partial charge in [0.1, 0.15) is 16.2 Å². The molecule has 1 fully saturated rings. The molecule has 2 aromatic rings. The van der Waals surface area contributed by atoms with Gasteiger partial charge in [-0.25, -0.2) is 9.97 Å². The third-order valence-corrected chi connectivity index (χ3v) is 4.73. The summed E-state index contributed by atoms with van der Waals surface area (Å²) in [4.78, 5) is 11.5. The second-order valence-corrected chi connectivity index (χ2v) is 6.38. The minimum absolute atomic E-state index is 0.311. The van der Waals surface area contributed by atoms with Gasteiger partial charge in [0, 0.05) is 11.5 Å². The zero-order valence-corrected chi connectivity index (χ0v) is 12.2. The van der Waals surface area contributed by atoms with Crippen molar-refractivity contribution in [3.05, 3.63) is 16.8 Å². The smallest absolute Gasteiger partial charge is 0.164 e. The number of fused-ring (bicyclic) bond motifs is 1. The summed E-state index contributed by atoms with van der Waals surface area (Å²) in [5.74, 6) is 1.36.